The van der Waals surface area contributed by atoms with Gasteiger partial charge in [-0.15, -0.1) is 0 Å². The van der Waals surface area contributed by atoms with Gasteiger partial charge in [-0.1, -0.05) is 29.3 Å². The molecule has 1 atom stereocenters. The molecule has 2 amide bonds. The molecular weight excluding hydrogens is 401 g/mol. The summed E-state index contributed by atoms with van der Waals surface area (Å²) in [4.78, 5) is 30.9. The van der Waals surface area contributed by atoms with Crippen LogP contribution in [-0.4, -0.2) is 41.4 Å². The van der Waals surface area contributed by atoms with Gasteiger partial charge in [-0.2, -0.15) is 0 Å². The van der Waals surface area contributed by atoms with Crippen molar-refractivity contribution in [3.8, 4) is 5.75 Å². The number of nitrogens with one attached hydrogen (secondary N) is 1. The van der Waals surface area contributed by atoms with Gasteiger partial charge in [0.25, 0.3) is 5.91 Å². The van der Waals surface area contributed by atoms with Crippen LogP contribution in [0.25, 0.3) is 0 Å². The third kappa shape index (κ3) is 5.36. The molecule has 148 valence electrons. The minimum absolute atomic E-state index is 0.132. The number of ether oxygens (including phenoxy) is 1. The van der Waals surface area contributed by atoms with Gasteiger partial charge in [-0.05, 0) is 43.5 Å². The number of piperidine rings is 1. The van der Waals surface area contributed by atoms with Crippen molar-refractivity contribution in [1.82, 2.24) is 9.88 Å². The number of nitrogens with zero attached hydrogens (tertiary/aromatic N) is 2. The molecule has 1 N–H and O–H groups in total. The van der Waals surface area contributed by atoms with Crippen LogP contribution in [0.3, 0.4) is 0 Å². The van der Waals surface area contributed by atoms with Crippen molar-refractivity contribution in [3.05, 3.63) is 52.1 Å². The van der Waals surface area contributed by atoms with Crippen molar-refractivity contribution >= 4 is 40.8 Å². The fourth-order valence-corrected chi connectivity index (χ4v) is 3.34. The first-order valence-corrected chi connectivity index (χ1v) is 9.77. The van der Waals surface area contributed by atoms with Crippen molar-refractivity contribution in [2.45, 2.75) is 19.8 Å². The van der Waals surface area contributed by atoms with Gasteiger partial charge in [-0.25, -0.2) is 4.98 Å². The zero-order chi connectivity index (χ0) is 20.1. The standard InChI is InChI=1S/C20H21Cl2N3O3/c1-13-4-7-18(23-10-13)24-20(27)14-3-2-8-25(11-14)19(26)12-28-17-9-15(21)5-6-16(17)22/h4-7,9-10,14H,2-3,8,11-12H2,1H3,(H,23,24,27). The first-order chi connectivity index (χ1) is 13.4. The molecule has 1 aliphatic heterocycles. The Kier molecular flexibility index (Phi) is 6.75. The topological polar surface area (TPSA) is 71.5 Å². The average Bonchev–Trinajstić information content (AvgIpc) is 2.70. The second-order valence-corrected chi connectivity index (χ2v) is 7.60. The SMILES string of the molecule is Cc1ccc(NC(=O)C2CCCN(C(=O)COc3cc(Cl)ccc3Cl)C2)nc1. The number of rotatable bonds is 5. The van der Waals surface area contributed by atoms with E-state index < -0.39 is 0 Å². The van der Waals surface area contributed by atoms with Gasteiger partial charge in [0.1, 0.15) is 11.6 Å². The second kappa shape index (κ2) is 9.26. The summed E-state index contributed by atoms with van der Waals surface area (Å²) in [5.41, 5.74) is 1.02. The van der Waals surface area contributed by atoms with Crippen LogP contribution in [0.15, 0.2) is 36.5 Å². The predicted octanol–water partition coefficient (Wildman–Crippen LogP) is 3.95. The normalized spacial score (nSPS) is 16.5. The Balaban J connectivity index is 1.54. The van der Waals surface area contributed by atoms with E-state index in [4.69, 9.17) is 27.9 Å². The number of aryl methyl sites for hydroxylation is 1. The number of likely N-dealkylation sites (tertiary alicyclic amines) is 1. The molecule has 8 heteroatoms. The molecule has 0 spiro atoms. The predicted molar refractivity (Wildman–Crippen MR) is 109 cm³/mol. The molecule has 0 saturated carbocycles. The highest BCUT2D eigenvalue weighted by molar-refractivity contribution is 6.34. The van der Waals surface area contributed by atoms with Gasteiger partial charge in [0.15, 0.2) is 6.61 Å². The molecule has 1 saturated heterocycles. The molecule has 0 bridgehead atoms. The van der Waals surface area contributed by atoms with Crippen molar-refractivity contribution in [2.24, 2.45) is 5.92 Å². The summed E-state index contributed by atoms with van der Waals surface area (Å²) in [5.74, 6) is 0.266. The zero-order valence-corrected chi connectivity index (χ0v) is 17.0. The molecule has 2 heterocycles. The molecular formula is C20H21Cl2N3O3. The number of hydrogen-bond donors (Lipinski definition) is 1. The highest BCUT2D eigenvalue weighted by Crippen LogP contribution is 2.28. The van der Waals surface area contributed by atoms with Crippen LogP contribution in [0.1, 0.15) is 18.4 Å². The largest absolute Gasteiger partial charge is 0.482 e. The molecule has 28 heavy (non-hydrogen) atoms. The Morgan fingerprint density at radius 1 is 1.29 bits per heavy atom. The fourth-order valence-electron chi connectivity index (χ4n) is 3.01. The maximum absolute atomic E-state index is 12.5. The zero-order valence-electron chi connectivity index (χ0n) is 15.5. The highest BCUT2D eigenvalue weighted by atomic mass is 35.5. The van der Waals surface area contributed by atoms with Crippen LogP contribution >= 0.6 is 23.2 Å². The molecule has 1 aliphatic rings. The third-order valence-corrected chi connectivity index (χ3v) is 5.10. The number of aromatic nitrogens is 1. The summed E-state index contributed by atoms with van der Waals surface area (Å²) < 4.78 is 5.52. The van der Waals surface area contributed by atoms with E-state index in [1.807, 2.05) is 13.0 Å². The van der Waals surface area contributed by atoms with Crippen molar-refractivity contribution in [2.75, 3.05) is 25.0 Å². The molecule has 1 aromatic heterocycles. The molecule has 6 nitrogen and oxygen atoms in total. The number of amides is 2. The molecule has 1 aromatic carbocycles. The lowest BCUT2D eigenvalue weighted by molar-refractivity contribution is -0.136. The second-order valence-electron chi connectivity index (χ2n) is 6.75. The van der Waals surface area contributed by atoms with Crippen LogP contribution in [0, 0.1) is 12.8 Å². The van der Waals surface area contributed by atoms with E-state index in [1.165, 1.54) is 0 Å². The van der Waals surface area contributed by atoms with Crippen molar-refractivity contribution in [3.63, 3.8) is 0 Å². The Morgan fingerprint density at radius 2 is 2.11 bits per heavy atom. The summed E-state index contributed by atoms with van der Waals surface area (Å²) in [6.45, 7) is 2.72. The number of carbonyl (C=O) groups is 2. The number of benzene rings is 1. The Hall–Kier alpha value is -2.31. The fraction of sp³-hybridized carbons (Fsp3) is 0.350. The van der Waals surface area contributed by atoms with Crippen LogP contribution in [0.2, 0.25) is 10.0 Å². The van der Waals surface area contributed by atoms with E-state index >= 15 is 0 Å². The molecule has 3 rings (SSSR count). The maximum Gasteiger partial charge on any atom is 0.260 e. The van der Waals surface area contributed by atoms with Gasteiger partial charge in [0, 0.05) is 30.4 Å². The molecule has 2 aromatic rings. The van der Waals surface area contributed by atoms with E-state index in [-0.39, 0.29) is 24.3 Å². The van der Waals surface area contributed by atoms with Gasteiger partial charge >= 0.3 is 0 Å². The number of carbonyl (C=O) groups excluding carboxylic acids is 2. The molecule has 0 radical (unpaired) electrons. The number of pyridine rings is 1. The number of anilines is 1. The molecule has 1 fully saturated rings. The Bertz CT molecular complexity index is 858. The van der Waals surface area contributed by atoms with E-state index in [0.717, 1.165) is 18.4 Å². The minimum Gasteiger partial charge on any atom is -0.482 e. The lowest BCUT2D eigenvalue weighted by Crippen LogP contribution is -2.45. The van der Waals surface area contributed by atoms with Crippen LogP contribution < -0.4 is 10.1 Å². The lowest BCUT2D eigenvalue weighted by Gasteiger charge is -2.32. The summed E-state index contributed by atoms with van der Waals surface area (Å²) in [6, 6.07) is 8.48. The van der Waals surface area contributed by atoms with Gasteiger partial charge in [0.05, 0.1) is 10.9 Å². The maximum atomic E-state index is 12.5. The van der Waals surface area contributed by atoms with Crippen molar-refractivity contribution in [1.29, 1.82) is 0 Å². The Labute approximate surface area is 173 Å². The third-order valence-electron chi connectivity index (χ3n) is 4.55. The minimum atomic E-state index is -0.282. The quantitative estimate of drug-likeness (QED) is 0.792. The lowest BCUT2D eigenvalue weighted by atomic mass is 9.97. The average molecular weight is 422 g/mol. The summed E-state index contributed by atoms with van der Waals surface area (Å²) in [7, 11) is 0. The first kappa shape index (κ1) is 20.4. The van der Waals surface area contributed by atoms with Gasteiger partial charge in [-0.3, -0.25) is 9.59 Å². The van der Waals surface area contributed by atoms with E-state index in [9.17, 15) is 9.59 Å². The monoisotopic (exact) mass is 421 g/mol. The van der Waals surface area contributed by atoms with E-state index in [2.05, 4.69) is 10.3 Å². The van der Waals surface area contributed by atoms with Crippen LogP contribution in [-0.2, 0) is 9.59 Å². The Morgan fingerprint density at radius 3 is 2.86 bits per heavy atom. The van der Waals surface area contributed by atoms with E-state index in [1.54, 1.807) is 35.4 Å². The smallest absolute Gasteiger partial charge is 0.260 e. The van der Waals surface area contributed by atoms with Gasteiger partial charge < -0.3 is 15.0 Å². The van der Waals surface area contributed by atoms with Crippen LogP contribution in [0.5, 0.6) is 5.75 Å². The van der Waals surface area contributed by atoms with Gasteiger partial charge in [0.2, 0.25) is 5.91 Å². The summed E-state index contributed by atoms with van der Waals surface area (Å²) >= 11 is 12.0. The molecule has 0 aliphatic carbocycles. The summed E-state index contributed by atoms with van der Waals surface area (Å²) in [6.07, 6.45) is 3.18. The van der Waals surface area contributed by atoms with E-state index in [0.29, 0.717) is 34.7 Å². The van der Waals surface area contributed by atoms with Crippen LogP contribution in [0.4, 0.5) is 5.82 Å². The summed E-state index contributed by atoms with van der Waals surface area (Å²) in [5, 5.41) is 3.68. The number of halogens is 2. The highest BCUT2D eigenvalue weighted by Gasteiger charge is 2.29. The number of hydrogen-bond acceptors (Lipinski definition) is 4. The first-order valence-electron chi connectivity index (χ1n) is 9.01. The van der Waals surface area contributed by atoms with Crippen molar-refractivity contribution < 1.29 is 14.3 Å². The molecule has 1 unspecified atom stereocenters.